The first-order valence-corrected chi connectivity index (χ1v) is 7.98. The number of nitrogens with zero attached hydrogens (tertiary/aromatic N) is 1. The molecule has 0 bridgehead atoms. The number of halogens is 1. The molecule has 0 aliphatic carbocycles. The minimum Gasteiger partial charge on any atom is -0.495 e. The number of carbonyl (C=O) groups is 2. The predicted octanol–water partition coefficient (Wildman–Crippen LogP) is 1.75. The number of nitrogens with one attached hydrogen (secondary N) is 2. The molecule has 1 fully saturated rings. The van der Waals surface area contributed by atoms with Gasteiger partial charge in [-0.2, -0.15) is 0 Å². The van der Waals surface area contributed by atoms with Gasteiger partial charge in [-0.15, -0.1) is 0 Å². The van der Waals surface area contributed by atoms with Crippen LogP contribution >= 0.6 is 11.6 Å². The van der Waals surface area contributed by atoms with Crippen LogP contribution in [0.2, 0.25) is 5.02 Å². The molecule has 0 unspecified atom stereocenters. The molecule has 0 aromatic heterocycles. The van der Waals surface area contributed by atoms with Crippen molar-refractivity contribution in [1.29, 1.82) is 0 Å². The van der Waals surface area contributed by atoms with Crippen LogP contribution in [0.3, 0.4) is 0 Å². The number of piperidine rings is 1. The van der Waals surface area contributed by atoms with Crippen molar-refractivity contribution in [2.24, 2.45) is 5.92 Å². The molecule has 0 spiro atoms. The van der Waals surface area contributed by atoms with Crippen molar-refractivity contribution in [3.05, 3.63) is 23.2 Å². The summed E-state index contributed by atoms with van der Waals surface area (Å²) in [4.78, 5) is 26.0. The molecule has 1 aromatic rings. The van der Waals surface area contributed by atoms with Crippen molar-refractivity contribution in [3.63, 3.8) is 0 Å². The summed E-state index contributed by atoms with van der Waals surface area (Å²) in [6, 6.07) is 4.81. The predicted molar refractivity (Wildman–Crippen MR) is 89.9 cm³/mol. The SMILES string of the molecule is COc1ccc(NC(=O)C(=O)NCC2CCN(C)CC2)cc1Cl. The second-order valence-electron chi connectivity index (χ2n) is 5.76. The Morgan fingerprint density at radius 2 is 2.00 bits per heavy atom. The van der Waals surface area contributed by atoms with E-state index in [9.17, 15) is 9.59 Å². The lowest BCUT2D eigenvalue weighted by molar-refractivity contribution is -0.136. The van der Waals surface area contributed by atoms with E-state index >= 15 is 0 Å². The van der Waals surface area contributed by atoms with Gasteiger partial charge in [-0.3, -0.25) is 9.59 Å². The van der Waals surface area contributed by atoms with Crippen molar-refractivity contribution >= 4 is 29.1 Å². The Morgan fingerprint density at radius 3 is 2.61 bits per heavy atom. The van der Waals surface area contributed by atoms with E-state index in [1.165, 1.54) is 7.11 Å². The Bertz CT molecular complexity index is 572. The Morgan fingerprint density at radius 1 is 1.30 bits per heavy atom. The van der Waals surface area contributed by atoms with Gasteiger partial charge in [0.1, 0.15) is 5.75 Å². The van der Waals surface area contributed by atoms with E-state index in [0.29, 0.717) is 28.9 Å². The molecule has 1 aliphatic heterocycles. The number of benzene rings is 1. The van der Waals surface area contributed by atoms with E-state index in [0.717, 1.165) is 25.9 Å². The fourth-order valence-electron chi connectivity index (χ4n) is 2.52. The minimum atomic E-state index is -0.695. The summed E-state index contributed by atoms with van der Waals surface area (Å²) in [6.07, 6.45) is 2.07. The van der Waals surface area contributed by atoms with Crippen molar-refractivity contribution in [3.8, 4) is 5.75 Å². The Balaban J connectivity index is 1.80. The van der Waals surface area contributed by atoms with Gasteiger partial charge in [-0.25, -0.2) is 0 Å². The van der Waals surface area contributed by atoms with Gasteiger partial charge in [0.15, 0.2) is 0 Å². The van der Waals surface area contributed by atoms with E-state index in [4.69, 9.17) is 16.3 Å². The number of rotatable bonds is 4. The van der Waals surface area contributed by atoms with Gasteiger partial charge in [0.25, 0.3) is 0 Å². The minimum absolute atomic E-state index is 0.372. The largest absolute Gasteiger partial charge is 0.495 e. The average Bonchev–Trinajstić information content (AvgIpc) is 2.54. The molecular weight excluding hydrogens is 318 g/mol. The number of carbonyl (C=O) groups excluding carboxylic acids is 2. The van der Waals surface area contributed by atoms with Crippen molar-refractivity contribution < 1.29 is 14.3 Å². The highest BCUT2D eigenvalue weighted by molar-refractivity contribution is 6.40. The number of methoxy groups -OCH3 is 1. The highest BCUT2D eigenvalue weighted by atomic mass is 35.5. The Kier molecular flexibility index (Phi) is 6.24. The van der Waals surface area contributed by atoms with Crippen LogP contribution in [0.1, 0.15) is 12.8 Å². The van der Waals surface area contributed by atoms with Gasteiger partial charge in [-0.05, 0) is 57.1 Å². The summed E-state index contributed by atoms with van der Waals surface area (Å²) >= 11 is 5.99. The molecule has 0 atom stereocenters. The molecule has 7 heteroatoms. The van der Waals surface area contributed by atoms with E-state index < -0.39 is 11.8 Å². The molecule has 2 amide bonds. The van der Waals surface area contributed by atoms with Gasteiger partial charge >= 0.3 is 11.8 Å². The third-order valence-corrected chi connectivity index (χ3v) is 4.30. The van der Waals surface area contributed by atoms with E-state index in [-0.39, 0.29) is 0 Å². The Labute approximate surface area is 141 Å². The average molecular weight is 340 g/mol. The Hall–Kier alpha value is -1.79. The normalized spacial score (nSPS) is 16.0. The van der Waals surface area contributed by atoms with Crippen LogP contribution in [0.5, 0.6) is 5.75 Å². The third kappa shape index (κ3) is 5.11. The molecule has 126 valence electrons. The van der Waals surface area contributed by atoms with E-state index in [2.05, 4.69) is 22.6 Å². The lowest BCUT2D eigenvalue weighted by Crippen LogP contribution is -2.41. The number of hydrogen-bond donors (Lipinski definition) is 2. The standard InChI is InChI=1S/C16H22ClN3O3/c1-20-7-5-11(6-8-20)10-18-15(21)16(22)19-12-3-4-14(23-2)13(17)9-12/h3-4,9,11H,5-8,10H2,1-2H3,(H,18,21)(H,19,22). The molecule has 0 radical (unpaired) electrons. The van der Waals surface area contributed by atoms with Gasteiger partial charge in [-0.1, -0.05) is 11.6 Å². The van der Waals surface area contributed by atoms with Crippen LogP contribution in [-0.2, 0) is 9.59 Å². The van der Waals surface area contributed by atoms with Crippen molar-refractivity contribution in [1.82, 2.24) is 10.2 Å². The summed E-state index contributed by atoms with van der Waals surface area (Å²) in [5, 5.41) is 5.60. The lowest BCUT2D eigenvalue weighted by Gasteiger charge is -2.28. The van der Waals surface area contributed by atoms with Crippen LogP contribution in [-0.4, -0.2) is 50.5 Å². The smallest absolute Gasteiger partial charge is 0.313 e. The second kappa shape index (κ2) is 8.17. The first kappa shape index (κ1) is 17.6. The molecule has 1 heterocycles. The molecular formula is C16H22ClN3O3. The zero-order chi connectivity index (χ0) is 16.8. The molecule has 1 saturated heterocycles. The van der Waals surface area contributed by atoms with Crippen LogP contribution in [0.4, 0.5) is 5.69 Å². The summed E-state index contributed by atoms with van der Waals surface area (Å²) in [6.45, 7) is 2.58. The van der Waals surface area contributed by atoms with Crippen LogP contribution in [0.25, 0.3) is 0 Å². The van der Waals surface area contributed by atoms with Crippen LogP contribution in [0, 0.1) is 5.92 Å². The molecule has 2 N–H and O–H groups in total. The van der Waals surface area contributed by atoms with Crippen LogP contribution < -0.4 is 15.4 Å². The third-order valence-electron chi connectivity index (χ3n) is 4.01. The van der Waals surface area contributed by atoms with E-state index in [1.807, 2.05) is 0 Å². The molecule has 1 aromatic carbocycles. The number of amides is 2. The summed E-state index contributed by atoms with van der Waals surface area (Å²) in [7, 11) is 3.60. The molecule has 23 heavy (non-hydrogen) atoms. The first-order chi connectivity index (χ1) is 11.0. The maximum Gasteiger partial charge on any atom is 0.313 e. The summed E-state index contributed by atoms with van der Waals surface area (Å²) in [5.41, 5.74) is 0.454. The summed E-state index contributed by atoms with van der Waals surface area (Å²) in [5.74, 6) is -0.384. The van der Waals surface area contributed by atoms with Crippen molar-refractivity contribution in [2.45, 2.75) is 12.8 Å². The monoisotopic (exact) mass is 339 g/mol. The fraction of sp³-hybridized carbons (Fsp3) is 0.500. The molecule has 1 aliphatic rings. The van der Waals surface area contributed by atoms with Crippen LogP contribution in [0.15, 0.2) is 18.2 Å². The number of ether oxygens (including phenoxy) is 1. The number of likely N-dealkylation sites (tertiary alicyclic amines) is 1. The van der Waals surface area contributed by atoms with Gasteiger partial charge in [0.2, 0.25) is 0 Å². The topological polar surface area (TPSA) is 70.7 Å². The first-order valence-electron chi connectivity index (χ1n) is 7.61. The van der Waals surface area contributed by atoms with Gasteiger partial charge < -0.3 is 20.3 Å². The zero-order valence-corrected chi connectivity index (χ0v) is 14.2. The van der Waals surface area contributed by atoms with Gasteiger partial charge in [0.05, 0.1) is 12.1 Å². The van der Waals surface area contributed by atoms with Gasteiger partial charge in [0, 0.05) is 12.2 Å². The molecule has 2 rings (SSSR count). The maximum absolute atomic E-state index is 11.9. The molecule has 6 nitrogen and oxygen atoms in total. The lowest BCUT2D eigenvalue weighted by atomic mass is 9.97. The second-order valence-corrected chi connectivity index (χ2v) is 6.17. The fourth-order valence-corrected chi connectivity index (χ4v) is 2.77. The number of anilines is 1. The molecule has 0 saturated carbocycles. The summed E-state index contributed by atoms with van der Waals surface area (Å²) < 4.78 is 5.04. The van der Waals surface area contributed by atoms with E-state index in [1.54, 1.807) is 18.2 Å². The maximum atomic E-state index is 11.9. The highest BCUT2D eigenvalue weighted by Crippen LogP contribution is 2.27. The number of hydrogen-bond acceptors (Lipinski definition) is 4. The quantitative estimate of drug-likeness (QED) is 0.820. The zero-order valence-electron chi connectivity index (χ0n) is 13.4. The van der Waals surface area contributed by atoms with Crippen molar-refractivity contribution in [2.75, 3.05) is 39.1 Å². The highest BCUT2D eigenvalue weighted by Gasteiger charge is 2.19.